The van der Waals surface area contributed by atoms with E-state index in [9.17, 15) is 0 Å². The van der Waals surface area contributed by atoms with Crippen molar-refractivity contribution in [1.82, 2.24) is 15.2 Å². The standard InChI is InChI=1S/C24H35N3O2/c1-23(2)13-20(14-24(3,4)26-23)27(16-18-8-7-9-25-15-18)17-19-10-21(28-5)12-22(11-19)29-6/h7-12,15,20,26H,13-14,16-17H2,1-6H3. The molecule has 5 heteroatoms. The number of nitrogens with zero attached hydrogens (tertiary/aromatic N) is 2. The van der Waals surface area contributed by atoms with Crippen molar-refractivity contribution in [2.45, 2.75) is 70.7 Å². The number of methoxy groups -OCH3 is 2. The third kappa shape index (κ3) is 5.94. The smallest absolute Gasteiger partial charge is 0.122 e. The van der Waals surface area contributed by atoms with E-state index in [4.69, 9.17) is 9.47 Å². The lowest BCUT2D eigenvalue weighted by Crippen LogP contribution is -2.62. The Morgan fingerprint density at radius 2 is 1.55 bits per heavy atom. The van der Waals surface area contributed by atoms with Crippen molar-refractivity contribution >= 4 is 0 Å². The van der Waals surface area contributed by atoms with Crippen molar-refractivity contribution in [3.63, 3.8) is 0 Å². The first-order chi connectivity index (χ1) is 13.7. The summed E-state index contributed by atoms with van der Waals surface area (Å²) in [5, 5.41) is 3.80. The molecule has 0 amide bonds. The zero-order chi connectivity index (χ0) is 21.1. The summed E-state index contributed by atoms with van der Waals surface area (Å²) in [6.45, 7) is 10.9. The SMILES string of the molecule is COc1cc(CN(Cc2cccnc2)C2CC(C)(C)NC(C)(C)C2)cc(OC)c1. The summed E-state index contributed by atoms with van der Waals surface area (Å²) in [6.07, 6.45) is 5.99. The summed E-state index contributed by atoms with van der Waals surface area (Å²) in [7, 11) is 3.40. The Hall–Kier alpha value is -2.11. The molecule has 0 radical (unpaired) electrons. The quantitative estimate of drug-likeness (QED) is 0.750. The second-order valence-corrected chi connectivity index (χ2v) is 9.44. The molecule has 1 aromatic carbocycles. The minimum absolute atomic E-state index is 0.0890. The number of rotatable bonds is 7. The molecule has 3 rings (SSSR count). The van der Waals surface area contributed by atoms with E-state index in [-0.39, 0.29) is 11.1 Å². The van der Waals surface area contributed by atoms with Crippen molar-refractivity contribution in [2.75, 3.05) is 14.2 Å². The molecule has 5 nitrogen and oxygen atoms in total. The van der Waals surface area contributed by atoms with Crippen molar-refractivity contribution < 1.29 is 9.47 Å². The molecule has 1 aromatic heterocycles. The fourth-order valence-corrected chi connectivity index (χ4v) is 4.76. The van der Waals surface area contributed by atoms with Crippen LogP contribution < -0.4 is 14.8 Å². The van der Waals surface area contributed by atoms with Crippen molar-refractivity contribution in [1.29, 1.82) is 0 Å². The predicted octanol–water partition coefficient (Wildman–Crippen LogP) is 4.41. The highest BCUT2D eigenvalue weighted by molar-refractivity contribution is 5.38. The molecule has 0 bridgehead atoms. The zero-order valence-corrected chi connectivity index (χ0v) is 18.7. The molecule has 29 heavy (non-hydrogen) atoms. The summed E-state index contributed by atoms with van der Waals surface area (Å²) in [5.74, 6) is 1.65. The van der Waals surface area contributed by atoms with Crippen LogP contribution in [0.2, 0.25) is 0 Å². The van der Waals surface area contributed by atoms with Crippen LogP contribution in [-0.4, -0.2) is 41.2 Å². The maximum absolute atomic E-state index is 5.49. The van der Waals surface area contributed by atoms with Gasteiger partial charge in [0, 0.05) is 48.7 Å². The van der Waals surface area contributed by atoms with Gasteiger partial charge in [0.15, 0.2) is 0 Å². The number of piperidine rings is 1. The number of ether oxygens (including phenoxy) is 2. The van der Waals surface area contributed by atoms with Gasteiger partial charge in [-0.1, -0.05) is 6.07 Å². The highest BCUT2D eigenvalue weighted by atomic mass is 16.5. The Bertz CT molecular complexity index is 767. The van der Waals surface area contributed by atoms with E-state index in [1.165, 1.54) is 11.1 Å². The number of pyridine rings is 1. The van der Waals surface area contributed by atoms with Crippen LogP contribution in [0, 0.1) is 0 Å². The molecular weight excluding hydrogens is 362 g/mol. The molecule has 1 aliphatic rings. The Balaban J connectivity index is 1.91. The first-order valence-corrected chi connectivity index (χ1v) is 10.3. The van der Waals surface area contributed by atoms with E-state index >= 15 is 0 Å². The van der Waals surface area contributed by atoms with Gasteiger partial charge in [0.2, 0.25) is 0 Å². The maximum atomic E-state index is 5.49. The van der Waals surface area contributed by atoms with Gasteiger partial charge >= 0.3 is 0 Å². The van der Waals surface area contributed by atoms with Crippen LogP contribution in [0.15, 0.2) is 42.7 Å². The van der Waals surface area contributed by atoms with E-state index in [0.29, 0.717) is 6.04 Å². The number of benzene rings is 1. The minimum atomic E-state index is 0.0890. The third-order valence-electron chi connectivity index (χ3n) is 5.59. The Labute approximate surface area is 175 Å². The molecule has 0 atom stereocenters. The molecular formula is C24H35N3O2. The lowest BCUT2D eigenvalue weighted by Gasteiger charge is -2.49. The second-order valence-electron chi connectivity index (χ2n) is 9.44. The normalized spacial score (nSPS) is 18.6. The van der Waals surface area contributed by atoms with Gasteiger partial charge in [0.05, 0.1) is 14.2 Å². The van der Waals surface area contributed by atoms with E-state index < -0.39 is 0 Å². The Morgan fingerprint density at radius 3 is 2.07 bits per heavy atom. The summed E-state index contributed by atoms with van der Waals surface area (Å²) in [5.41, 5.74) is 2.60. The molecule has 2 heterocycles. The van der Waals surface area contributed by atoms with Crippen molar-refractivity contribution in [3.05, 3.63) is 53.9 Å². The van der Waals surface area contributed by atoms with E-state index in [0.717, 1.165) is 37.4 Å². The first kappa shape index (κ1) is 21.6. The van der Waals surface area contributed by atoms with Crippen LogP contribution >= 0.6 is 0 Å². The largest absolute Gasteiger partial charge is 0.497 e. The fourth-order valence-electron chi connectivity index (χ4n) is 4.76. The summed E-state index contributed by atoms with van der Waals surface area (Å²) in [6, 6.07) is 10.8. The van der Waals surface area contributed by atoms with Crippen LogP contribution in [0.5, 0.6) is 11.5 Å². The van der Waals surface area contributed by atoms with Gasteiger partial charge in [-0.05, 0) is 69.9 Å². The average molecular weight is 398 g/mol. The third-order valence-corrected chi connectivity index (χ3v) is 5.59. The topological polar surface area (TPSA) is 46.6 Å². The molecule has 0 spiro atoms. The number of hydrogen-bond acceptors (Lipinski definition) is 5. The first-order valence-electron chi connectivity index (χ1n) is 10.3. The number of hydrogen-bond donors (Lipinski definition) is 1. The van der Waals surface area contributed by atoms with Crippen LogP contribution in [0.3, 0.4) is 0 Å². The van der Waals surface area contributed by atoms with Crippen LogP contribution in [0.4, 0.5) is 0 Å². The number of nitrogens with one attached hydrogen (secondary N) is 1. The zero-order valence-electron chi connectivity index (χ0n) is 18.7. The average Bonchev–Trinajstić information content (AvgIpc) is 2.65. The Kier molecular flexibility index (Phi) is 6.49. The van der Waals surface area contributed by atoms with Crippen LogP contribution in [-0.2, 0) is 13.1 Å². The van der Waals surface area contributed by atoms with E-state index in [2.05, 4.69) is 61.1 Å². The summed E-state index contributed by atoms with van der Waals surface area (Å²) < 4.78 is 11.0. The minimum Gasteiger partial charge on any atom is -0.497 e. The molecule has 1 N–H and O–H groups in total. The van der Waals surface area contributed by atoms with Crippen molar-refractivity contribution in [2.24, 2.45) is 0 Å². The molecule has 0 aliphatic carbocycles. The van der Waals surface area contributed by atoms with Crippen molar-refractivity contribution in [3.8, 4) is 11.5 Å². The molecule has 1 aliphatic heterocycles. The molecule has 0 saturated carbocycles. The van der Waals surface area contributed by atoms with Gasteiger partial charge in [-0.25, -0.2) is 0 Å². The van der Waals surface area contributed by atoms with Gasteiger partial charge < -0.3 is 14.8 Å². The maximum Gasteiger partial charge on any atom is 0.122 e. The second kappa shape index (κ2) is 8.72. The van der Waals surface area contributed by atoms with Gasteiger partial charge in [0.1, 0.15) is 11.5 Å². The van der Waals surface area contributed by atoms with Crippen LogP contribution in [0.25, 0.3) is 0 Å². The highest BCUT2D eigenvalue weighted by Gasteiger charge is 2.39. The van der Waals surface area contributed by atoms with E-state index in [1.54, 1.807) is 14.2 Å². The summed E-state index contributed by atoms with van der Waals surface area (Å²) in [4.78, 5) is 6.90. The van der Waals surface area contributed by atoms with Gasteiger partial charge in [-0.3, -0.25) is 9.88 Å². The van der Waals surface area contributed by atoms with E-state index in [1.807, 2.05) is 24.5 Å². The molecule has 1 fully saturated rings. The molecule has 2 aromatic rings. The van der Waals surface area contributed by atoms with Crippen LogP contribution in [0.1, 0.15) is 51.7 Å². The fraction of sp³-hybridized carbons (Fsp3) is 0.542. The molecule has 158 valence electrons. The van der Waals surface area contributed by atoms with Gasteiger partial charge in [-0.15, -0.1) is 0 Å². The van der Waals surface area contributed by atoms with Gasteiger partial charge in [0.25, 0.3) is 0 Å². The highest BCUT2D eigenvalue weighted by Crippen LogP contribution is 2.34. The predicted molar refractivity (Wildman–Crippen MR) is 117 cm³/mol. The number of aromatic nitrogens is 1. The Morgan fingerprint density at radius 1 is 0.966 bits per heavy atom. The lowest BCUT2D eigenvalue weighted by atomic mass is 9.79. The monoisotopic (exact) mass is 397 g/mol. The molecule has 0 unspecified atom stereocenters. The van der Waals surface area contributed by atoms with Gasteiger partial charge in [-0.2, -0.15) is 0 Å². The molecule has 1 saturated heterocycles. The lowest BCUT2D eigenvalue weighted by molar-refractivity contribution is 0.0562. The summed E-state index contributed by atoms with van der Waals surface area (Å²) >= 11 is 0.